The van der Waals surface area contributed by atoms with Gasteiger partial charge in [-0.05, 0) is 55.8 Å². The fourth-order valence-electron chi connectivity index (χ4n) is 4.06. The van der Waals surface area contributed by atoms with Crippen LogP contribution >= 0.6 is 0 Å². The van der Waals surface area contributed by atoms with Gasteiger partial charge in [-0.25, -0.2) is 0 Å². The van der Waals surface area contributed by atoms with Crippen LogP contribution in [-0.4, -0.2) is 0 Å². The van der Waals surface area contributed by atoms with Crippen molar-refractivity contribution in [3.8, 4) is 0 Å². The van der Waals surface area contributed by atoms with E-state index in [2.05, 4.69) is 27.0 Å². The third-order valence-corrected chi connectivity index (χ3v) is 5.02. The lowest BCUT2D eigenvalue weighted by Gasteiger charge is -2.52. The summed E-state index contributed by atoms with van der Waals surface area (Å²) in [5.74, 6) is 1.60. The van der Waals surface area contributed by atoms with Crippen molar-refractivity contribution in [2.45, 2.75) is 52.4 Å². The predicted octanol–water partition coefficient (Wildman–Crippen LogP) is 4.73. The Morgan fingerprint density at radius 3 is 2.47 bits per heavy atom. The van der Waals surface area contributed by atoms with Crippen molar-refractivity contribution in [1.29, 1.82) is 0 Å². The Bertz CT molecular complexity index is 286. The normalized spacial score (nSPS) is 42.3. The second-order valence-corrected chi connectivity index (χ2v) is 5.79. The second-order valence-electron chi connectivity index (χ2n) is 5.79. The maximum Gasteiger partial charge on any atom is -0.00335 e. The third-order valence-electron chi connectivity index (χ3n) is 5.02. The molecule has 0 heterocycles. The topological polar surface area (TPSA) is 0 Å². The van der Waals surface area contributed by atoms with E-state index in [-0.39, 0.29) is 0 Å². The van der Waals surface area contributed by atoms with Crippen molar-refractivity contribution in [3.63, 3.8) is 0 Å². The zero-order valence-corrected chi connectivity index (χ0v) is 10.3. The highest BCUT2D eigenvalue weighted by Gasteiger charge is 2.46. The van der Waals surface area contributed by atoms with Gasteiger partial charge in [0.25, 0.3) is 0 Å². The third kappa shape index (κ3) is 1.58. The number of hydrogen-bond donors (Lipinski definition) is 0. The molecule has 2 aliphatic carbocycles. The van der Waals surface area contributed by atoms with Crippen LogP contribution in [-0.2, 0) is 0 Å². The van der Waals surface area contributed by atoms with E-state index in [1.807, 2.05) is 0 Å². The lowest BCUT2D eigenvalue weighted by molar-refractivity contribution is 0.0750. The van der Waals surface area contributed by atoms with Crippen molar-refractivity contribution in [1.82, 2.24) is 0 Å². The molecule has 0 aromatic rings. The summed E-state index contributed by atoms with van der Waals surface area (Å²) in [7, 11) is 0. The van der Waals surface area contributed by atoms with E-state index in [1.54, 1.807) is 5.57 Å². The van der Waals surface area contributed by atoms with Gasteiger partial charge < -0.3 is 0 Å². The molecule has 0 bridgehead atoms. The molecule has 0 N–H and O–H groups in total. The van der Waals surface area contributed by atoms with Gasteiger partial charge in [-0.1, -0.05) is 38.2 Å². The molecule has 0 radical (unpaired) electrons. The first-order valence-electron chi connectivity index (χ1n) is 6.42. The molecule has 0 amide bonds. The van der Waals surface area contributed by atoms with E-state index in [0.717, 1.165) is 11.8 Å². The first kappa shape index (κ1) is 11.0. The molecule has 0 aromatic heterocycles. The van der Waals surface area contributed by atoms with E-state index in [9.17, 15) is 0 Å². The minimum Gasteiger partial charge on any atom is -0.0999 e. The number of allylic oxidation sites excluding steroid dienone is 2. The van der Waals surface area contributed by atoms with Gasteiger partial charge in [0.2, 0.25) is 0 Å². The quantitative estimate of drug-likeness (QED) is 0.501. The van der Waals surface area contributed by atoms with E-state index in [1.165, 1.54) is 44.1 Å². The predicted molar refractivity (Wildman–Crippen MR) is 66.7 cm³/mol. The molecule has 0 heteroatoms. The molecule has 0 aliphatic heterocycles. The fraction of sp³-hybridized carbons (Fsp3) is 0.733. The number of hydrogen-bond acceptors (Lipinski definition) is 0. The smallest absolute Gasteiger partial charge is 0.00335 e. The average Bonchev–Trinajstić information content (AvgIpc) is 2.16. The molecule has 2 saturated carbocycles. The van der Waals surface area contributed by atoms with Crippen molar-refractivity contribution < 1.29 is 0 Å². The van der Waals surface area contributed by atoms with Crippen LogP contribution < -0.4 is 0 Å². The average molecular weight is 204 g/mol. The van der Waals surface area contributed by atoms with Crippen LogP contribution in [0.1, 0.15) is 52.4 Å². The van der Waals surface area contributed by atoms with Crippen LogP contribution in [0.4, 0.5) is 0 Å². The zero-order valence-electron chi connectivity index (χ0n) is 10.3. The van der Waals surface area contributed by atoms with Gasteiger partial charge >= 0.3 is 0 Å². The highest BCUT2D eigenvalue weighted by molar-refractivity contribution is 5.21. The molecule has 1 spiro atoms. The monoisotopic (exact) mass is 204 g/mol. The van der Waals surface area contributed by atoms with E-state index >= 15 is 0 Å². The maximum atomic E-state index is 4.39. The zero-order chi connectivity index (χ0) is 11.1. The highest BCUT2D eigenvalue weighted by atomic mass is 14.5. The van der Waals surface area contributed by atoms with Crippen molar-refractivity contribution in [3.05, 3.63) is 24.3 Å². The van der Waals surface area contributed by atoms with Gasteiger partial charge in [-0.15, -0.1) is 0 Å². The van der Waals surface area contributed by atoms with Crippen molar-refractivity contribution in [2.24, 2.45) is 17.3 Å². The Morgan fingerprint density at radius 1 is 1.13 bits per heavy atom. The summed E-state index contributed by atoms with van der Waals surface area (Å²) in [6.45, 7) is 13.4. The summed E-state index contributed by atoms with van der Waals surface area (Å²) >= 11 is 0. The molecule has 0 aromatic carbocycles. The Labute approximate surface area is 94.5 Å². The summed E-state index contributed by atoms with van der Waals surface area (Å²) in [6.07, 6.45) is 7.79. The lowest BCUT2D eigenvalue weighted by atomic mass is 9.53. The summed E-state index contributed by atoms with van der Waals surface area (Å²) in [4.78, 5) is 0. The Hall–Kier alpha value is -0.520. The minimum atomic E-state index is 0.458. The molecule has 84 valence electrons. The van der Waals surface area contributed by atoms with Crippen LogP contribution in [0.15, 0.2) is 24.3 Å². The van der Waals surface area contributed by atoms with Gasteiger partial charge in [0.15, 0.2) is 0 Å². The number of rotatable bonds is 0. The Morgan fingerprint density at radius 2 is 1.87 bits per heavy atom. The minimum absolute atomic E-state index is 0.458. The SMILES string of the molecule is C=C1CCC2(C(=C)CCCC2C)C(C)C1. The highest BCUT2D eigenvalue weighted by Crippen LogP contribution is 2.56. The van der Waals surface area contributed by atoms with Crippen LogP contribution in [0.3, 0.4) is 0 Å². The Balaban J connectivity index is 2.29. The summed E-state index contributed by atoms with van der Waals surface area (Å²) in [6, 6.07) is 0. The molecule has 2 rings (SSSR count). The van der Waals surface area contributed by atoms with Crippen LogP contribution in [0.5, 0.6) is 0 Å². The largest absolute Gasteiger partial charge is 0.0999 e. The molecule has 0 saturated heterocycles. The fourth-order valence-corrected chi connectivity index (χ4v) is 4.06. The van der Waals surface area contributed by atoms with E-state index in [4.69, 9.17) is 0 Å². The van der Waals surface area contributed by atoms with E-state index in [0.29, 0.717) is 5.41 Å². The molecule has 0 nitrogen and oxygen atoms in total. The van der Waals surface area contributed by atoms with Gasteiger partial charge in [-0.2, -0.15) is 0 Å². The van der Waals surface area contributed by atoms with Crippen LogP contribution in [0, 0.1) is 17.3 Å². The maximum absolute atomic E-state index is 4.39. The van der Waals surface area contributed by atoms with Crippen molar-refractivity contribution in [2.75, 3.05) is 0 Å². The van der Waals surface area contributed by atoms with Gasteiger partial charge in [-0.3, -0.25) is 0 Å². The molecule has 3 atom stereocenters. The lowest BCUT2D eigenvalue weighted by Crippen LogP contribution is -2.42. The van der Waals surface area contributed by atoms with Crippen LogP contribution in [0.2, 0.25) is 0 Å². The molecular formula is C15H24. The first-order valence-corrected chi connectivity index (χ1v) is 6.42. The molecule has 15 heavy (non-hydrogen) atoms. The summed E-state index contributed by atoms with van der Waals surface area (Å²) in [5, 5.41) is 0. The van der Waals surface area contributed by atoms with Crippen LogP contribution in [0.25, 0.3) is 0 Å². The summed E-state index contributed by atoms with van der Waals surface area (Å²) in [5.41, 5.74) is 3.46. The molecule has 2 fully saturated rings. The van der Waals surface area contributed by atoms with Gasteiger partial charge in [0, 0.05) is 0 Å². The van der Waals surface area contributed by atoms with Gasteiger partial charge in [0.1, 0.15) is 0 Å². The first-order chi connectivity index (χ1) is 7.07. The van der Waals surface area contributed by atoms with Crippen molar-refractivity contribution >= 4 is 0 Å². The molecular weight excluding hydrogens is 180 g/mol. The van der Waals surface area contributed by atoms with Gasteiger partial charge in [0.05, 0.1) is 0 Å². The van der Waals surface area contributed by atoms with E-state index < -0.39 is 0 Å². The second kappa shape index (κ2) is 3.81. The summed E-state index contributed by atoms with van der Waals surface area (Å²) < 4.78 is 0. The standard InChI is InChI=1S/C15H24/c1-11-8-9-15(14(4)10-11)12(2)6-5-7-13(15)3/h13-14H,1-2,5-10H2,3-4H3. The molecule has 3 unspecified atom stereocenters. The molecule has 2 aliphatic rings. The Kier molecular flexibility index (Phi) is 2.79.